The fraction of sp³-hybridized carbons (Fsp3) is 0.143. The molecule has 17 heavy (non-hydrogen) atoms. The van der Waals surface area contributed by atoms with Gasteiger partial charge in [-0.25, -0.2) is 8.78 Å². The smallest absolute Gasteiger partial charge is 0.257 e. The first kappa shape index (κ1) is 11.7. The van der Waals surface area contributed by atoms with E-state index in [-0.39, 0.29) is 0 Å². The van der Waals surface area contributed by atoms with Crippen LogP contribution in [0.4, 0.5) is 8.78 Å². The van der Waals surface area contributed by atoms with Crippen LogP contribution in [0.1, 0.15) is 11.6 Å². The first-order chi connectivity index (χ1) is 8.18. The second-order valence-corrected chi connectivity index (χ2v) is 3.85. The second-order valence-electron chi connectivity index (χ2n) is 3.85. The number of benzene rings is 2. The molecule has 3 heteroatoms. The Morgan fingerprint density at radius 3 is 1.82 bits per heavy atom. The molecule has 0 saturated carbocycles. The van der Waals surface area contributed by atoms with E-state index in [1.807, 2.05) is 42.5 Å². The van der Waals surface area contributed by atoms with Crippen LogP contribution < -0.4 is 5.73 Å². The van der Waals surface area contributed by atoms with Gasteiger partial charge in [-0.05, 0) is 16.7 Å². The van der Waals surface area contributed by atoms with Gasteiger partial charge >= 0.3 is 0 Å². The normalized spacial score (nSPS) is 12.7. The summed E-state index contributed by atoms with van der Waals surface area (Å²) in [7, 11) is 0. The van der Waals surface area contributed by atoms with Gasteiger partial charge in [0, 0.05) is 0 Å². The van der Waals surface area contributed by atoms with E-state index in [1.54, 1.807) is 12.1 Å². The molecule has 0 aliphatic rings. The van der Waals surface area contributed by atoms with E-state index in [9.17, 15) is 8.78 Å². The third kappa shape index (κ3) is 2.68. The van der Waals surface area contributed by atoms with Crippen molar-refractivity contribution in [1.29, 1.82) is 0 Å². The van der Waals surface area contributed by atoms with Gasteiger partial charge in [0.15, 0.2) is 0 Å². The number of nitrogens with two attached hydrogens (primary N) is 1. The summed E-state index contributed by atoms with van der Waals surface area (Å²) >= 11 is 0. The van der Waals surface area contributed by atoms with Crippen molar-refractivity contribution in [3.8, 4) is 11.1 Å². The lowest BCUT2D eigenvalue weighted by Gasteiger charge is -2.11. The van der Waals surface area contributed by atoms with Crippen molar-refractivity contribution in [2.45, 2.75) is 12.5 Å². The molecule has 2 rings (SSSR count). The molecule has 0 fully saturated rings. The third-order valence-electron chi connectivity index (χ3n) is 2.67. The van der Waals surface area contributed by atoms with Crippen molar-refractivity contribution in [3.63, 3.8) is 0 Å². The highest BCUT2D eigenvalue weighted by Gasteiger charge is 2.16. The van der Waals surface area contributed by atoms with Crippen LogP contribution in [0.15, 0.2) is 54.6 Å². The molecular weight excluding hydrogens is 220 g/mol. The first-order valence-corrected chi connectivity index (χ1v) is 5.37. The van der Waals surface area contributed by atoms with Crippen LogP contribution in [0.5, 0.6) is 0 Å². The predicted octanol–water partition coefficient (Wildman–Crippen LogP) is 3.62. The van der Waals surface area contributed by atoms with Crippen molar-refractivity contribution >= 4 is 0 Å². The molecule has 0 radical (unpaired) electrons. The van der Waals surface area contributed by atoms with Crippen LogP contribution in [0.2, 0.25) is 0 Å². The summed E-state index contributed by atoms with van der Waals surface area (Å²) in [4.78, 5) is 0. The second kappa shape index (κ2) is 5.06. The van der Waals surface area contributed by atoms with Gasteiger partial charge < -0.3 is 5.73 Å². The van der Waals surface area contributed by atoms with E-state index in [4.69, 9.17) is 5.73 Å². The molecule has 2 N–H and O–H groups in total. The summed E-state index contributed by atoms with van der Waals surface area (Å²) in [5.74, 6) is 0. The summed E-state index contributed by atoms with van der Waals surface area (Å²) in [6.07, 6.45) is -2.53. The predicted molar refractivity (Wildman–Crippen MR) is 64.8 cm³/mol. The number of rotatable bonds is 3. The number of halogens is 2. The molecule has 0 bridgehead atoms. The van der Waals surface area contributed by atoms with Gasteiger partial charge in [0.2, 0.25) is 0 Å². The molecule has 0 heterocycles. The lowest BCUT2D eigenvalue weighted by Crippen LogP contribution is -2.18. The fourth-order valence-corrected chi connectivity index (χ4v) is 1.67. The maximum Gasteiger partial charge on any atom is 0.257 e. The maximum absolute atomic E-state index is 12.4. The molecule has 1 nitrogen and oxygen atoms in total. The molecule has 0 saturated heterocycles. The van der Waals surface area contributed by atoms with Crippen molar-refractivity contribution < 1.29 is 8.78 Å². The fourth-order valence-electron chi connectivity index (χ4n) is 1.67. The van der Waals surface area contributed by atoms with Gasteiger partial charge in [-0.1, -0.05) is 54.6 Å². The zero-order chi connectivity index (χ0) is 12.3. The van der Waals surface area contributed by atoms with Crippen LogP contribution in [0.25, 0.3) is 11.1 Å². The van der Waals surface area contributed by atoms with Crippen molar-refractivity contribution in [2.24, 2.45) is 5.73 Å². The first-order valence-electron chi connectivity index (χ1n) is 5.37. The summed E-state index contributed by atoms with van der Waals surface area (Å²) in [6, 6.07) is 15.5. The van der Waals surface area contributed by atoms with Crippen molar-refractivity contribution in [3.05, 3.63) is 60.2 Å². The zero-order valence-corrected chi connectivity index (χ0v) is 9.18. The summed E-state index contributed by atoms with van der Waals surface area (Å²) in [6.45, 7) is 0. The molecule has 88 valence electrons. The highest BCUT2D eigenvalue weighted by molar-refractivity contribution is 5.63. The molecule has 0 aliphatic heterocycles. The molecular formula is C14H13F2N. The minimum Gasteiger partial charge on any atom is -0.319 e. The molecule has 2 aromatic rings. The SMILES string of the molecule is N[C@@H](c1ccc(-c2ccccc2)cc1)C(F)F. The average molecular weight is 233 g/mol. The van der Waals surface area contributed by atoms with E-state index in [0.29, 0.717) is 5.56 Å². The number of hydrogen-bond donors (Lipinski definition) is 1. The number of hydrogen-bond acceptors (Lipinski definition) is 1. The Morgan fingerprint density at radius 2 is 1.29 bits per heavy atom. The Bertz CT molecular complexity index is 465. The molecule has 0 spiro atoms. The third-order valence-corrected chi connectivity index (χ3v) is 2.67. The monoisotopic (exact) mass is 233 g/mol. The Balaban J connectivity index is 2.25. The lowest BCUT2D eigenvalue weighted by atomic mass is 10.0. The summed E-state index contributed by atoms with van der Waals surface area (Å²) < 4.78 is 24.8. The van der Waals surface area contributed by atoms with Gasteiger partial charge in [-0.2, -0.15) is 0 Å². The highest BCUT2D eigenvalue weighted by Crippen LogP contribution is 2.23. The quantitative estimate of drug-likeness (QED) is 0.860. The Kier molecular flexibility index (Phi) is 3.49. The van der Waals surface area contributed by atoms with Crippen LogP contribution in [-0.4, -0.2) is 6.43 Å². The number of alkyl halides is 2. The maximum atomic E-state index is 12.4. The highest BCUT2D eigenvalue weighted by atomic mass is 19.3. The van der Waals surface area contributed by atoms with E-state index in [1.165, 1.54) is 0 Å². The summed E-state index contributed by atoms with van der Waals surface area (Å²) in [5.41, 5.74) is 7.89. The minimum atomic E-state index is -2.53. The van der Waals surface area contributed by atoms with Gasteiger partial charge in [-0.15, -0.1) is 0 Å². The van der Waals surface area contributed by atoms with E-state index in [2.05, 4.69) is 0 Å². The lowest BCUT2D eigenvalue weighted by molar-refractivity contribution is 0.116. The molecule has 0 aromatic heterocycles. The Labute approximate surface area is 98.9 Å². The Morgan fingerprint density at radius 1 is 0.765 bits per heavy atom. The standard InChI is InChI=1S/C14H13F2N/c15-14(16)13(17)12-8-6-11(7-9-12)10-4-2-1-3-5-10/h1-9,13-14H,17H2/t13-/m0/s1. The van der Waals surface area contributed by atoms with Crippen molar-refractivity contribution in [1.82, 2.24) is 0 Å². The Hall–Kier alpha value is -1.74. The molecule has 0 aliphatic carbocycles. The van der Waals surface area contributed by atoms with E-state index < -0.39 is 12.5 Å². The van der Waals surface area contributed by atoms with Gasteiger partial charge in [0.1, 0.15) is 0 Å². The van der Waals surface area contributed by atoms with E-state index >= 15 is 0 Å². The van der Waals surface area contributed by atoms with Crippen LogP contribution in [0.3, 0.4) is 0 Å². The topological polar surface area (TPSA) is 26.0 Å². The summed E-state index contributed by atoms with van der Waals surface area (Å²) in [5, 5.41) is 0. The van der Waals surface area contributed by atoms with Crippen molar-refractivity contribution in [2.75, 3.05) is 0 Å². The molecule has 2 aromatic carbocycles. The van der Waals surface area contributed by atoms with Crippen LogP contribution in [0, 0.1) is 0 Å². The minimum absolute atomic E-state index is 0.458. The van der Waals surface area contributed by atoms with E-state index in [0.717, 1.165) is 11.1 Å². The van der Waals surface area contributed by atoms with Crippen LogP contribution in [-0.2, 0) is 0 Å². The molecule has 1 atom stereocenters. The van der Waals surface area contributed by atoms with Gasteiger partial charge in [-0.3, -0.25) is 0 Å². The molecule has 0 unspecified atom stereocenters. The zero-order valence-electron chi connectivity index (χ0n) is 9.18. The molecule has 0 amide bonds. The van der Waals surface area contributed by atoms with Gasteiger partial charge in [0.25, 0.3) is 6.43 Å². The largest absolute Gasteiger partial charge is 0.319 e. The van der Waals surface area contributed by atoms with Crippen LogP contribution >= 0.6 is 0 Å². The van der Waals surface area contributed by atoms with Gasteiger partial charge in [0.05, 0.1) is 6.04 Å². The average Bonchev–Trinajstić information content (AvgIpc) is 2.39.